The number of nitrogens with one attached hydrogen (secondary N) is 1. The summed E-state index contributed by atoms with van der Waals surface area (Å²) in [7, 11) is 0. The molecule has 16 heavy (non-hydrogen) atoms. The lowest BCUT2D eigenvalue weighted by Crippen LogP contribution is -2.29. The van der Waals surface area contributed by atoms with Gasteiger partial charge in [0.1, 0.15) is 16.7 Å². The van der Waals surface area contributed by atoms with Crippen molar-refractivity contribution in [2.24, 2.45) is 0 Å². The van der Waals surface area contributed by atoms with Crippen LogP contribution in [0, 0.1) is 11.3 Å². The van der Waals surface area contributed by atoms with Crippen molar-refractivity contribution in [3.63, 3.8) is 0 Å². The molecule has 1 heterocycles. The van der Waals surface area contributed by atoms with Gasteiger partial charge in [-0.1, -0.05) is 11.8 Å². The molecule has 1 saturated heterocycles. The molecule has 0 radical (unpaired) electrons. The molecule has 0 atom stereocenters. The Kier molecular flexibility index (Phi) is 4.38. The van der Waals surface area contributed by atoms with Crippen molar-refractivity contribution in [2.45, 2.75) is 13.8 Å². The number of hydrogen-bond acceptors (Lipinski definition) is 4. The molecule has 0 aliphatic carbocycles. The summed E-state index contributed by atoms with van der Waals surface area (Å²) in [6, 6.07) is 1.87. The van der Waals surface area contributed by atoms with Crippen LogP contribution in [-0.2, 0) is 9.59 Å². The maximum atomic E-state index is 11.6. The van der Waals surface area contributed by atoms with Gasteiger partial charge in [-0.2, -0.15) is 5.26 Å². The van der Waals surface area contributed by atoms with Crippen molar-refractivity contribution < 1.29 is 9.59 Å². The Hall–Kier alpha value is -1.48. The van der Waals surface area contributed by atoms with Gasteiger partial charge in [-0.15, -0.1) is 0 Å². The van der Waals surface area contributed by atoms with E-state index in [4.69, 9.17) is 5.26 Å². The number of nitrogens with zero attached hydrogens (tertiary/aromatic N) is 2. The van der Waals surface area contributed by atoms with E-state index in [0.717, 1.165) is 0 Å². The molecule has 0 bridgehead atoms. The maximum Gasteiger partial charge on any atom is 0.264 e. The fourth-order valence-electron chi connectivity index (χ4n) is 1.37. The minimum absolute atomic E-state index is 0.0274. The van der Waals surface area contributed by atoms with Gasteiger partial charge in [0, 0.05) is 13.1 Å². The molecule has 0 aromatic heterocycles. The highest BCUT2D eigenvalue weighted by atomic mass is 32.2. The van der Waals surface area contributed by atoms with Gasteiger partial charge in [0.05, 0.1) is 5.75 Å². The minimum Gasteiger partial charge on any atom is -0.352 e. The normalized spacial score (nSPS) is 18.3. The van der Waals surface area contributed by atoms with Gasteiger partial charge in [0.25, 0.3) is 5.91 Å². The summed E-state index contributed by atoms with van der Waals surface area (Å²) >= 11 is 1.24. The zero-order valence-corrected chi connectivity index (χ0v) is 10.1. The second kappa shape index (κ2) is 5.56. The number of thioether (sulfide) groups is 1. The molecule has 0 aromatic rings. The van der Waals surface area contributed by atoms with Crippen molar-refractivity contribution in [3.8, 4) is 6.07 Å². The van der Waals surface area contributed by atoms with Crippen LogP contribution >= 0.6 is 11.8 Å². The van der Waals surface area contributed by atoms with Crippen LogP contribution in [0.3, 0.4) is 0 Å². The second-order valence-electron chi connectivity index (χ2n) is 3.08. The van der Waals surface area contributed by atoms with Gasteiger partial charge >= 0.3 is 0 Å². The Morgan fingerprint density at radius 1 is 1.62 bits per heavy atom. The summed E-state index contributed by atoms with van der Waals surface area (Å²) in [6.45, 7) is 4.53. The quantitative estimate of drug-likeness (QED) is 0.573. The first-order chi connectivity index (χ1) is 7.65. The summed E-state index contributed by atoms with van der Waals surface area (Å²) in [5.41, 5.74) is 0.0274. The molecule has 86 valence electrons. The average Bonchev–Trinajstić information content (AvgIpc) is 2.61. The number of likely N-dealkylation sites (N-methyl/N-ethyl adjacent to an activating group) is 1. The minimum atomic E-state index is -0.416. The van der Waals surface area contributed by atoms with E-state index in [1.165, 1.54) is 16.7 Å². The third kappa shape index (κ3) is 2.36. The van der Waals surface area contributed by atoms with E-state index in [0.29, 0.717) is 23.9 Å². The second-order valence-corrected chi connectivity index (χ2v) is 4.04. The van der Waals surface area contributed by atoms with Gasteiger partial charge in [-0.25, -0.2) is 0 Å². The van der Waals surface area contributed by atoms with Gasteiger partial charge in [0.15, 0.2) is 0 Å². The lowest BCUT2D eigenvalue weighted by molar-refractivity contribution is -0.125. The number of carbonyl (C=O) groups is 2. The zero-order chi connectivity index (χ0) is 12.1. The Labute approximate surface area is 98.5 Å². The number of amides is 2. The molecule has 0 saturated carbocycles. The smallest absolute Gasteiger partial charge is 0.264 e. The van der Waals surface area contributed by atoms with Crippen LogP contribution in [0.2, 0.25) is 0 Å². The molecule has 1 N–H and O–H groups in total. The van der Waals surface area contributed by atoms with Gasteiger partial charge in [-0.05, 0) is 13.8 Å². The molecule has 0 aromatic carbocycles. The van der Waals surface area contributed by atoms with Crippen LogP contribution in [0.15, 0.2) is 10.6 Å². The molecule has 1 fully saturated rings. The highest BCUT2D eigenvalue weighted by Crippen LogP contribution is 2.31. The molecule has 1 aliphatic rings. The summed E-state index contributed by atoms with van der Waals surface area (Å²) in [5, 5.41) is 12.0. The Bertz CT molecular complexity index is 384. The van der Waals surface area contributed by atoms with E-state index >= 15 is 0 Å². The third-order valence-electron chi connectivity index (χ3n) is 2.08. The maximum absolute atomic E-state index is 11.6. The van der Waals surface area contributed by atoms with E-state index in [1.807, 2.05) is 13.0 Å². The zero-order valence-electron chi connectivity index (χ0n) is 9.24. The summed E-state index contributed by atoms with van der Waals surface area (Å²) in [6.07, 6.45) is 0. The Morgan fingerprint density at radius 2 is 2.31 bits per heavy atom. The first-order valence-corrected chi connectivity index (χ1v) is 6.00. The van der Waals surface area contributed by atoms with Crippen molar-refractivity contribution in [1.29, 1.82) is 5.26 Å². The molecule has 1 rings (SSSR count). The molecular formula is C10H13N3O2S. The van der Waals surface area contributed by atoms with Crippen LogP contribution in [-0.4, -0.2) is 35.6 Å². The van der Waals surface area contributed by atoms with Gasteiger partial charge in [0.2, 0.25) is 5.91 Å². The highest BCUT2D eigenvalue weighted by molar-refractivity contribution is 8.04. The van der Waals surface area contributed by atoms with Crippen LogP contribution < -0.4 is 5.32 Å². The largest absolute Gasteiger partial charge is 0.352 e. The Morgan fingerprint density at radius 3 is 2.81 bits per heavy atom. The van der Waals surface area contributed by atoms with Gasteiger partial charge < -0.3 is 10.2 Å². The van der Waals surface area contributed by atoms with E-state index < -0.39 is 5.91 Å². The fraction of sp³-hybridized carbons (Fsp3) is 0.500. The first kappa shape index (κ1) is 12.6. The van der Waals surface area contributed by atoms with E-state index in [1.54, 1.807) is 6.92 Å². The van der Waals surface area contributed by atoms with E-state index in [-0.39, 0.29) is 11.5 Å². The van der Waals surface area contributed by atoms with Crippen molar-refractivity contribution in [3.05, 3.63) is 10.6 Å². The summed E-state index contributed by atoms with van der Waals surface area (Å²) in [4.78, 5) is 24.5. The molecule has 0 spiro atoms. The summed E-state index contributed by atoms with van der Waals surface area (Å²) in [5.74, 6) is -0.173. The molecule has 0 unspecified atom stereocenters. The van der Waals surface area contributed by atoms with E-state index in [9.17, 15) is 9.59 Å². The highest BCUT2D eigenvalue weighted by Gasteiger charge is 2.30. The third-order valence-corrected chi connectivity index (χ3v) is 3.17. The average molecular weight is 239 g/mol. The lowest BCUT2D eigenvalue weighted by Gasteiger charge is -2.15. The molecule has 6 heteroatoms. The number of carbonyl (C=O) groups excluding carboxylic acids is 2. The predicted octanol–water partition coefficient (Wildman–Crippen LogP) is 0.453. The molecule has 1 aliphatic heterocycles. The van der Waals surface area contributed by atoms with Crippen LogP contribution in [0.5, 0.6) is 0 Å². The molecule has 2 amide bonds. The van der Waals surface area contributed by atoms with Crippen LogP contribution in [0.25, 0.3) is 0 Å². The summed E-state index contributed by atoms with van der Waals surface area (Å²) < 4.78 is 0. The topological polar surface area (TPSA) is 73.2 Å². The molecule has 5 nitrogen and oxygen atoms in total. The monoisotopic (exact) mass is 239 g/mol. The first-order valence-electron chi connectivity index (χ1n) is 5.01. The van der Waals surface area contributed by atoms with Crippen molar-refractivity contribution >= 4 is 23.6 Å². The SMILES string of the molecule is CCNC(=O)/C(C#N)=C1/SCC(=O)N1CC. The number of nitriles is 1. The number of rotatable bonds is 3. The number of hydrogen-bond donors (Lipinski definition) is 1. The van der Waals surface area contributed by atoms with Gasteiger partial charge in [-0.3, -0.25) is 9.59 Å². The van der Waals surface area contributed by atoms with Crippen molar-refractivity contribution in [1.82, 2.24) is 10.2 Å². The van der Waals surface area contributed by atoms with Crippen LogP contribution in [0.4, 0.5) is 0 Å². The fourth-order valence-corrected chi connectivity index (χ4v) is 2.46. The van der Waals surface area contributed by atoms with Crippen LogP contribution in [0.1, 0.15) is 13.8 Å². The molecular weight excluding hydrogens is 226 g/mol. The standard InChI is InChI=1S/C10H13N3O2S/c1-3-12-9(15)7(5-11)10-13(4-2)8(14)6-16-10/h3-4,6H2,1-2H3,(H,12,15)/b10-7+. The lowest BCUT2D eigenvalue weighted by atomic mass is 10.3. The van der Waals surface area contributed by atoms with E-state index in [2.05, 4.69) is 5.32 Å². The van der Waals surface area contributed by atoms with Crippen molar-refractivity contribution in [2.75, 3.05) is 18.8 Å². The predicted molar refractivity (Wildman–Crippen MR) is 61.2 cm³/mol. The Balaban J connectivity index is 3.05.